The molecule has 0 saturated carbocycles. The van der Waals surface area contributed by atoms with E-state index in [0.717, 1.165) is 32.1 Å². The van der Waals surface area contributed by atoms with Crippen molar-refractivity contribution in [2.24, 2.45) is 5.92 Å². The van der Waals surface area contributed by atoms with E-state index in [1.807, 2.05) is 0 Å². The third-order valence-electron chi connectivity index (χ3n) is 3.73. The van der Waals surface area contributed by atoms with Gasteiger partial charge < -0.3 is 10.2 Å². The Morgan fingerprint density at radius 2 is 2.10 bits per heavy atom. The summed E-state index contributed by atoms with van der Waals surface area (Å²) in [5.41, 5.74) is 0.338. The minimum absolute atomic E-state index is 0.210. The first-order valence-electron chi connectivity index (χ1n) is 7.05. The van der Waals surface area contributed by atoms with Crippen molar-refractivity contribution in [2.75, 3.05) is 31.5 Å². The fourth-order valence-corrected chi connectivity index (χ4v) is 2.66. The Hall–Kier alpha value is -1.20. The van der Waals surface area contributed by atoms with Crippen LogP contribution >= 0.6 is 11.6 Å². The number of carbonyl (C=O) groups excluding carboxylic acids is 1. The van der Waals surface area contributed by atoms with Gasteiger partial charge in [0.05, 0.1) is 5.56 Å². The minimum atomic E-state index is 0.210. The molecule has 0 amide bonds. The number of carbonyl (C=O) groups is 1. The molecule has 6 heteroatoms. The second-order valence-corrected chi connectivity index (χ2v) is 5.75. The highest BCUT2D eigenvalue weighted by molar-refractivity contribution is 6.32. The number of aryl methyl sites for hydroxylation is 1. The number of likely N-dealkylation sites (tertiary alicyclic amines) is 1. The number of rotatable bonds is 5. The van der Waals surface area contributed by atoms with Crippen molar-refractivity contribution in [3.05, 3.63) is 16.5 Å². The minimum Gasteiger partial charge on any atom is -0.368 e. The second kappa shape index (κ2) is 6.99. The Bertz CT molecular complexity index is 472. The number of hydrogen-bond acceptors (Lipinski definition) is 5. The lowest BCUT2D eigenvalue weighted by atomic mass is 9.99. The Morgan fingerprint density at radius 3 is 2.75 bits per heavy atom. The van der Waals surface area contributed by atoms with Crippen LogP contribution in [0.3, 0.4) is 0 Å². The molecule has 0 radical (unpaired) electrons. The average Bonchev–Trinajstić information content (AvgIpc) is 2.40. The van der Waals surface area contributed by atoms with Crippen LogP contribution < -0.4 is 5.32 Å². The van der Waals surface area contributed by atoms with Gasteiger partial charge in [-0.25, -0.2) is 9.97 Å². The van der Waals surface area contributed by atoms with Crippen molar-refractivity contribution >= 4 is 23.7 Å². The molecule has 0 spiro atoms. The van der Waals surface area contributed by atoms with Gasteiger partial charge in [0.2, 0.25) is 0 Å². The van der Waals surface area contributed by atoms with Gasteiger partial charge in [0.1, 0.15) is 16.8 Å². The molecule has 110 valence electrons. The number of aldehydes is 1. The van der Waals surface area contributed by atoms with Gasteiger partial charge in [0.25, 0.3) is 0 Å². The molecule has 20 heavy (non-hydrogen) atoms. The number of anilines is 1. The predicted octanol–water partition coefficient (Wildman–Crippen LogP) is 2.39. The van der Waals surface area contributed by atoms with Crippen LogP contribution in [0.1, 0.15) is 35.9 Å². The van der Waals surface area contributed by atoms with E-state index in [1.54, 1.807) is 6.92 Å². The molecule has 1 fully saturated rings. The fraction of sp³-hybridized carbons (Fsp3) is 0.643. The van der Waals surface area contributed by atoms with Crippen molar-refractivity contribution in [3.8, 4) is 0 Å². The van der Waals surface area contributed by atoms with Gasteiger partial charge in [-0.1, -0.05) is 18.5 Å². The molecular weight excluding hydrogens is 276 g/mol. The zero-order chi connectivity index (χ0) is 14.5. The summed E-state index contributed by atoms with van der Waals surface area (Å²) in [6, 6.07) is 0. The highest BCUT2D eigenvalue weighted by atomic mass is 35.5. The molecule has 0 unspecified atom stereocenters. The zero-order valence-corrected chi connectivity index (χ0v) is 12.8. The molecular formula is C14H21ClN4O. The molecule has 0 atom stereocenters. The molecule has 0 aliphatic carbocycles. The van der Waals surface area contributed by atoms with Crippen LogP contribution in [0.2, 0.25) is 5.15 Å². The normalized spacial score (nSPS) is 17.1. The van der Waals surface area contributed by atoms with Gasteiger partial charge in [-0.05, 0) is 38.8 Å². The van der Waals surface area contributed by atoms with Crippen LogP contribution in [0.5, 0.6) is 0 Å². The van der Waals surface area contributed by atoms with E-state index < -0.39 is 0 Å². The van der Waals surface area contributed by atoms with Crippen molar-refractivity contribution in [2.45, 2.75) is 26.7 Å². The SMILES string of the molecule is Cc1nc(Cl)c(C=O)c(NCCN2CCC(C)CC2)n1. The van der Waals surface area contributed by atoms with Gasteiger partial charge in [-0.3, -0.25) is 4.79 Å². The summed E-state index contributed by atoms with van der Waals surface area (Å²) < 4.78 is 0. The molecule has 1 aliphatic rings. The Morgan fingerprint density at radius 1 is 1.40 bits per heavy atom. The van der Waals surface area contributed by atoms with Crippen molar-refractivity contribution in [3.63, 3.8) is 0 Å². The van der Waals surface area contributed by atoms with E-state index in [2.05, 4.69) is 27.1 Å². The molecule has 1 N–H and O–H groups in total. The van der Waals surface area contributed by atoms with Crippen LogP contribution in [-0.4, -0.2) is 47.3 Å². The lowest BCUT2D eigenvalue weighted by Crippen LogP contribution is -2.36. The third kappa shape index (κ3) is 3.90. The number of nitrogens with one attached hydrogen (secondary N) is 1. The smallest absolute Gasteiger partial charge is 0.156 e. The van der Waals surface area contributed by atoms with Gasteiger partial charge in [-0.15, -0.1) is 0 Å². The van der Waals surface area contributed by atoms with E-state index in [-0.39, 0.29) is 5.15 Å². The van der Waals surface area contributed by atoms with Gasteiger partial charge >= 0.3 is 0 Å². The largest absolute Gasteiger partial charge is 0.368 e. The first kappa shape index (κ1) is 15.2. The van der Waals surface area contributed by atoms with E-state index in [0.29, 0.717) is 23.5 Å². The lowest BCUT2D eigenvalue weighted by molar-refractivity contribution is 0.112. The summed E-state index contributed by atoms with van der Waals surface area (Å²) in [7, 11) is 0. The summed E-state index contributed by atoms with van der Waals surface area (Å²) in [4.78, 5) is 21.7. The molecule has 0 aromatic carbocycles. The molecule has 2 rings (SSSR count). The quantitative estimate of drug-likeness (QED) is 0.668. The molecule has 1 aromatic heterocycles. The fourth-order valence-electron chi connectivity index (χ4n) is 2.40. The van der Waals surface area contributed by atoms with Crippen LogP contribution in [0.15, 0.2) is 0 Å². The van der Waals surface area contributed by atoms with Crippen LogP contribution in [-0.2, 0) is 0 Å². The van der Waals surface area contributed by atoms with Gasteiger partial charge in [0.15, 0.2) is 6.29 Å². The number of nitrogens with zero attached hydrogens (tertiary/aromatic N) is 3. The van der Waals surface area contributed by atoms with E-state index in [1.165, 1.54) is 12.8 Å². The standard InChI is InChI=1S/C14H21ClN4O/c1-10-3-6-19(7-4-10)8-5-16-14-12(9-20)13(15)17-11(2)18-14/h9-10H,3-8H2,1-2H3,(H,16,17,18). The lowest BCUT2D eigenvalue weighted by Gasteiger charge is -2.30. The summed E-state index contributed by atoms with van der Waals surface area (Å²) in [5, 5.41) is 3.41. The molecule has 1 saturated heterocycles. The number of hydrogen-bond donors (Lipinski definition) is 1. The van der Waals surface area contributed by atoms with Gasteiger partial charge in [0, 0.05) is 13.1 Å². The molecule has 1 aromatic rings. The molecule has 1 aliphatic heterocycles. The summed E-state index contributed by atoms with van der Waals surface area (Å²) >= 11 is 5.95. The maximum absolute atomic E-state index is 11.0. The topological polar surface area (TPSA) is 58.1 Å². The number of piperidine rings is 1. The Balaban J connectivity index is 1.89. The zero-order valence-electron chi connectivity index (χ0n) is 12.0. The van der Waals surface area contributed by atoms with E-state index in [9.17, 15) is 4.79 Å². The molecule has 2 heterocycles. The summed E-state index contributed by atoms with van der Waals surface area (Å²) in [6.07, 6.45) is 3.22. The summed E-state index contributed by atoms with van der Waals surface area (Å²) in [6.45, 7) is 8.06. The van der Waals surface area contributed by atoms with Crippen LogP contribution in [0.25, 0.3) is 0 Å². The molecule has 0 bridgehead atoms. The van der Waals surface area contributed by atoms with Crippen molar-refractivity contribution in [1.82, 2.24) is 14.9 Å². The maximum Gasteiger partial charge on any atom is 0.156 e. The Labute approximate surface area is 124 Å². The van der Waals surface area contributed by atoms with Crippen molar-refractivity contribution < 1.29 is 4.79 Å². The Kier molecular flexibility index (Phi) is 5.31. The monoisotopic (exact) mass is 296 g/mol. The van der Waals surface area contributed by atoms with Crippen LogP contribution in [0, 0.1) is 12.8 Å². The van der Waals surface area contributed by atoms with Gasteiger partial charge in [-0.2, -0.15) is 0 Å². The molecule has 5 nitrogen and oxygen atoms in total. The third-order valence-corrected chi connectivity index (χ3v) is 4.01. The second-order valence-electron chi connectivity index (χ2n) is 5.39. The number of halogens is 1. The highest BCUT2D eigenvalue weighted by Crippen LogP contribution is 2.19. The first-order valence-corrected chi connectivity index (χ1v) is 7.43. The number of aromatic nitrogens is 2. The average molecular weight is 297 g/mol. The first-order chi connectivity index (χ1) is 9.60. The predicted molar refractivity (Wildman–Crippen MR) is 80.5 cm³/mol. The highest BCUT2D eigenvalue weighted by Gasteiger charge is 2.15. The maximum atomic E-state index is 11.0. The van der Waals surface area contributed by atoms with E-state index >= 15 is 0 Å². The summed E-state index contributed by atoms with van der Waals surface area (Å²) in [5.74, 6) is 1.93. The van der Waals surface area contributed by atoms with E-state index in [4.69, 9.17) is 11.6 Å². The van der Waals surface area contributed by atoms with Crippen molar-refractivity contribution in [1.29, 1.82) is 0 Å². The van der Waals surface area contributed by atoms with Crippen LogP contribution in [0.4, 0.5) is 5.82 Å².